The third kappa shape index (κ3) is 3.37. The minimum atomic E-state index is 0.220. The first kappa shape index (κ1) is 12.7. The van der Waals surface area contributed by atoms with Crippen LogP contribution in [0.1, 0.15) is 30.6 Å². The van der Waals surface area contributed by atoms with Gasteiger partial charge in [0.2, 0.25) is 0 Å². The molecule has 1 atom stereocenters. The summed E-state index contributed by atoms with van der Waals surface area (Å²) in [5.74, 6) is 0. The lowest BCUT2D eigenvalue weighted by Gasteiger charge is -2.16. The highest BCUT2D eigenvalue weighted by molar-refractivity contribution is 5.13. The Balaban J connectivity index is 2.10. The highest BCUT2D eigenvalue weighted by atomic mass is 15.2. The molecule has 1 unspecified atom stereocenters. The summed E-state index contributed by atoms with van der Waals surface area (Å²) in [7, 11) is 1.93. The van der Waals surface area contributed by atoms with E-state index in [1.807, 2.05) is 30.2 Å². The molecule has 0 saturated heterocycles. The van der Waals surface area contributed by atoms with Gasteiger partial charge in [-0.1, -0.05) is 6.92 Å². The minimum Gasteiger partial charge on any atom is -0.308 e. The monoisotopic (exact) mass is 245 g/mol. The van der Waals surface area contributed by atoms with Crippen molar-refractivity contribution >= 4 is 0 Å². The van der Waals surface area contributed by atoms with Gasteiger partial charge in [-0.05, 0) is 31.0 Å². The molecule has 2 heterocycles. The molecule has 0 spiro atoms. The fourth-order valence-electron chi connectivity index (χ4n) is 1.92. The lowest BCUT2D eigenvalue weighted by Crippen LogP contribution is -2.24. The van der Waals surface area contributed by atoms with Crippen LogP contribution in [0.2, 0.25) is 0 Å². The summed E-state index contributed by atoms with van der Waals surface area (Å²) in [5, 5.41) is 7.72. The van der Waals surface area contributed by atoms with Crippen molar-refractivity contribution in [1.82, 2.24) is 25.1 Å². The third-order valence-electron chi connectivity index (χ3n) is 2.80. The summed E-state index contributed by atoms with van der Waals surface area (Å²) in [6, 6.07) is 2.18. The van der Waals surface area contributed by atoms with Gasteiger partial charge in [0, 0.05) is 19.4 Å². The van der Waals surface area contributed by atoms with E-state index in [0.717, 1.165) is 25.1 Å². The topological polar surface area (TPSA) is 55.6 Å². The van der Waals surface area contributed by atoms with E-state index >= 15 is 0 Å². The zero-order valence-electron chi connectivity index (χ0n) is 10.9. The van der Waals surface area contributed by atoms with Gasteiger partial charge in [0.25, 0.3) is 0 Å². The number of rotatable bonds is 6. The van der Waals surface area contributed by atoms with Gasteiger partial charge in [0.15, 0.2) is 0 Å². The second-order valence-electron chi connectivity index (χ2n) is 4.37. The Bertz CT molecular complexity index is 465. The predicted octanol–water partition coefficient (Wildman–Crippen LogP) is 1.49. The Kier molecular flexibility index (Phi) is 4.41. The fourth-order valence-corrected chi connectivity index (χ4v) is 1.92. The van der Waals surface area contributed by atoms with E-state index in [9.17, 15) is 0 Å². The van der Waals surface area contributed by atoms with Crippen LogP contribution in [0, 0.1) is 0 Å². The quantitative estimate of drug-likeness (QED) is 0.838. The van der Waals surface area contributed by atoms with Crippen molar-refractivity contribution in [2.45, 2.75) is 25.8 Å². The summed E-state index contributed by atoms with van der Waals surface area (Å²) in [6.07, 6.45) is 9.33. The molecule has 1 N–H and O–H groups in total. The van der Waals surface area contributed by atoms with Crippen molar-refractivity contribution in [3.05, 3.63) is 42.2 Å². The molecule has 0 bridgehead atoms. The fraction of sp³-hybridized carbons (Fsp3) is 0.462. The van der Waals surface area contributed by atoms with Crippen LogP contribution in [-0.4, -0.2) is 26.3 Å². The first-order valence-electron chi connectivity index (χ1n) is 6.26. The van der Waals surface area contributed by atoms with Crippen molar-refractivity contribution < 1.29 is 0 Å². The predicted molar refractivity (Wildman–Crippen MR) is 70.0 cm³/mol. The average molecular weight is 245 g/mol. The Hall–Kier alpha value is -1.75. The molecule has 5 nitrogen and oxygen atoms in total. The maximum atomic E-state index is 4.33. The van der Waals surface area contributed by atoms with Crippen LogP contribution in [0.15, 0.2) is 31.0 Å². The lowest BCUT2D eigenvalue weighted by molar-refractivity contribution is 0.516. The van der Waals surface area contributed by atoms with E-state index in [2.05, 4.69) is 27.3 Å². The lowest BCUT2D eigenvalue weighted by atomic mass is 10.1. The van der Waals surface area contributed by atoms with E-state index in [-0.39, 0.29) is 6.04 Å². The Morgan fingerprint density at radius 2 is 2.33 bits per heavy atom. The summed E-state index contributed by atoms with van der Waals surface area (Å²) < 4.78 is 1.83. The standard InChI is InChI=1S/C13H19N5/c1-3-5-15-13(12-4-6-14-10-16-12)7-11-8-17-18(2)9-11/h4,6,8-10,13,15H,3,5,7H2,1-2H3. The number of hydrogen-bond donors (Lipinski definition) is 1. The van der Waals surface area contributed by atoms with Crippen LogP contribution >= 0.6 is 0 Å². The molecule has 0 aromatic carbocycles. The van der Waals surface area contributed by atoms with Crippen LogP contribution in [0.25, 0.3) is 0 Å². The molecule has 2 aromatic heterocycles. The minimum absolute atomic E-state index is 0.220. The van der Waals surface area contributed by atoms with Gasteiger partial charge in [-0.2, -0.15) is 5.10 Å². The summed E-state index contributed by atoms with van der Waals surface area (Å²) >= 11 is 0. The van der Waals surface area contributed by atoms with Crippen molar-refractivity contribution in [3.63, 3.8) is 0 Å². The Morgan fingerprint density at radius 3 is 2.94 bits per heavy atom. The first-order valence-corrected chi connectivity index (χ1v) is 6.26. The van der Waals surface area contributed by atoms with E-state index in [1.54, 1.807) is 12.5 Å². The van der Waals surface area contributed by atoms with Gasteiger partial charge in [0.05, 0.1) is 17.9 Å². The molecule has 0 amide bonds. The smallest absolute Gasteiger partial charge is 0.115 e. The second-order valence-corrected chi connectivity index (χ2v) is 4.37. The number of aromatic nitrogens is 4. The van der Waals surface area contributed by atoms with Crippen LogP contribution in [-0.2, 0) is 13.5 Å². The molecular formula is C13H19N5. The van der Waals surface area contributed by atoms with Crippen LogP contribution in [0.4, 0.5) is 0 Å². The van der Waals surface area contributed by atoms with Gasteiger partial charge in [-0.3, -0.25) is 4.68 Å². The van der Waals surface area contributed by atoms with Crippen LogP contribution in [0.5, 0.6) is 0 Å². The highest BCUT2D eigenvalue weighted by Gasteiger charge is 2.13. The summed E-state index contributed by atoms with van der Waals surface area (Å²) in [6.45, 7) is 3.14. The SMILES string of the molecule is CCCNC(Cc1cnn(C)c1)c1ccncn1. The molecule has 0 aliphatic heterocycles. The van der Waals surface area contributed by atoms with E-state index < -0.39 is 0 Å². The molecule has 0 saturated carbocycles. The zero-order chi connectivity index (χ0) is 12.8. The van der Waals surface area contributed by atoms with Crippen molar-refractivity contribution in [3.8, 4) is 0 Å². The molecule has 2 aromatic rings. The molecule has 2 rings (SSSR count). The highest BCUT2D eigenvalue weighted by Crippen LogP contribution is 2.15. The van der Waals surface area contributed by atoms with Crippen molar-refractivity contribution in [2.75, 3.05) is 6.54 Å². The summed E-state index contributed by atoms with van der Waals surface area (Å²) in [4.78, 5) is 8.30. The first-order chi connectivity index (χ1) is 8.79. The van der Waals surface area contributed by atoms with Gasteiger partial charge >= 0.3 is 0 Å². The molecule has 0 aliphatic rings. The Morgan fingerprint density at radius 1 is 1.44 bits per heavy atom. The maximum absolute atomic E-state index is 4.33. The van der Waals surface area contributed by atoms with Crippen molar-refractivity contribution in [2.24, 2.45) is 7.05 Å². The van der Waals surface area contributed by atoms with Crippen LogP contribution in [0.3, 0.4) is 0 Å². The number of nitrogens with zero attached hydrogens (tertiary/aromatic N) is 4. The normalized spacial score (nSPS) is 12.6. The van der Waals surface area contributed by atoms with Crippen LogP contribution < -0.4 is 5.32 Å². The van der Waals surface area contributed by atoms with Gasteiger partial charge in [0.1, 0.15) is 6.33 Å². The molecule has 5 heteroatoms. The number of hydrogen-bond acceptors (Lipinski definition) is 4. The summed E-state index contributed by atoms with van der Waals surface area (Å²) in [5.41, 5.74) is 2.24. The second kappa shape index (κ2) is 6.26. The largest absolute Gasteiger partial charge is 0.308 e. The number of aryl methyl sites for hydroxylation is 1. The molecule has 96 valence electrons. The van der Waals surface area contributed by atoms with Gasteiger partial charge in [-0.25, -0.2) is 9.97 Å². The van der Waals surface area contributed by atoms with Crippen molar-refractivity contribution in [1.29, 1.82) is 0 Å². The third-order valence-corrected chi connectivity index (χ3v) is 2.80. The molecular weight excluding hydrogens is 226 g/mol. The van der Waals surface area contributed by atoms with E-state index in [4.69, 9.17) is 0 Å². The molecule has 0 fully saturated rings. The molecule has 0 radical (unpaired) electrons. The zero-order valence-corrected chi connectivity index (χ0v) is 10.9. The molecule has 0 aliphatic carbocycles. The van der Waals surface area contributed by atoms with E-state index in [1.165, 1.54) is 5.56 Å². The maximum Gasteiger partial charge on any atom is 0.115 e. The van der Waals surface area contributed by atoms with Gasteiger partial charge in [-0.15, -0.1) is 0 Å². The average Bonchev–Trinajstić information content (AvgIpc) is 2.81. The Labute approximate surface area is 107 Å². The molecule has 18 heavy (non-hydrogen) atoms. The van der Waals surface area contributed by atoms with Gasteiger partial charge < -0.3 is 5.32 Å². The van der Waals surface area contributed by atoms with E-state index in [0.29, 0.717) is 0 Å². The number of nitrogens with one attached hydrogen (secondary N) is 1.